The predicted molar refractivity (Wildman–Crippen MR) is 90.0 cm³/mol. The van der Waals surface area contributed by atoms with Gasteiger partial charge in [-0.2, -0.15) is 0 Å². The average molecular weight is 314 g/mol. The summed E-state index contributed by atoms with van der Waals surface area (Å²) in [6.45, 7) is 6.59. The van der Waals surface area contributed by atoms with Crippen molar-refractivity contribution < 1.29 is 14.3 Å². The number of carbonyl (C=O) groups is 1. The summed E-state index contributed by atoms with van der Waals surface area (Å²) in [7, 11) is 0. The van der Waals surface area contributed by atoms with E-state index in [2.05, 4.69) is 6.58 Å². The molecule has 3 nitrogen and oxygen atoms in total. The Kier molecular flexibility index (Phi) is 4.58. The van der Waals surface area contributed by atoms with Gasteiger partial charge in [-0.15, -0.1) is 6.58 Å². The number of benzene rings is 1. The molecule has 0 radical (unpaired) electrons. The van der Waals surface area contributed by atoms with Crippen LogP contribution >= 0.6 is 0 Å². The lowest BCUT2D eigenvalue weighted by atomic mass is 9.77. The molecule has 3 atom stereocenters. The van der Waals surface area contributed by atoms with Crippen LogP contribution in [0.25, 0.3) is 0 Å². The van der Waals surface area contributed by atoms with E-state index in [1.54, 1.807) is 0 Å². The third kappa shape index (κ3) is 2.72. The third-order valence-corrected chi connectivity index (χ3v) is 5.58. The predicted octanol–water partition coefficient (Wildman–Crippen LogP) is 4.59. The number of esters is 1. The topological polar surface area (TPSA) is 35.5 Å². The van der Waals surface area contributed by atoms with Crippen molar-refractivity contribution in [2.45, 2.75) is 57.2 Å². The summed E-state index contributed by atoms with van der Waals surface area (Å²) in [6.07, 6.45) is 7.37. The molecule has 1 saturated carbocycles. The van der Waals surface area contributed by atoms with E-state index in [4.69, 9.17) is 9.47 Å². The van der Waals surface area contributed by atoms with E-state index in [0.29, 0.717) is 6.61 Å². The molecule has 0 spiro atoms. The smallest absolute Gasteiger partial charge is 0.315 e. The zero-order chi connectivity index (χ0) is 16.3. The summed E-state index contributed by atoms with van der Waals surface area (Å²) in [5, 5.41) is 0. The van der Waals surface area contributed by atoms with Crippen LogP contribution < -0.4 is 0 Å². The first-order valence-corrected chi connectivity index (χ1v) is 8.69. The van der Waals surface area contributed by atoms with E-state index in [0.717, 1.165) is 44.1 Å². The molecule has 3 heteroatoms. The zero-order valence-electron chi connectivity index (χ0n) is 13.9. The molecule has 1 aliphatic heterocycles. The Hall–Kier alpha value is -1.61. The van der Waals surface area contributed by atoms with Gasteiger partial charge >= 0.3 is 5.97 Å². The molecule has 0 N–H and O–H groups in total. The second-order valence-electron chi connectivity index (χ2n) is 6.77. The van der Waals surface area contributed by atoms with Crippen molar-refractivity contribution in [3.8, 4) is 0 Å². The van der Waals surface area contributed by atoms with Crippen LogP contribution in [0, 0.1) is 5.41 Å². The standard InChI is InChI=1S/C20H26O3/c1-3-11-19-12-8-13-20(19,22-15-14-19)23-18(21)17(4-2)16-9-6-5-7-10-16/h3,5-7,9-10,17H,1,4,8,11-15H2,2H3. The summed E-state index contributed by atoms with van der Waals surface area (Å²) < 4.78 is 12.1. The van der Waals surface area contributed by atoms with E-state index in [1.807, 2.05) is 43.3 Å². The van der Waals surface area contributed by atoms with Crippen molar-refractivity contribution in [3.63, 3.8) is 0 Å². The number of hydrogen-bond acceptors (Lipinski definition) is 3. The van der Waals surface area contributed by atoms with Gasteiger partial charge < -0.3 is 9.47 Å². The second kappa shape index (κ2) is 6.48. The van der Waals surface area contributed by atoms with Crippen LogP contribution in [0.2, 0.25) is 0 Å². The Morgan fingerprint density at radius 2 is 2.13 bits per heavy atom. The molecule has 23 heavy (non-hydrogen) atoms. The van der Waals surface area contributed by atoms with Gasteiger partial charge in [0, 0.05) is 11.8 Å². The van der Waals surface area contributed by atoms with E-state index in [-0.39, 0.29) is 17.3 Å². The Balaban J connectivity index is 1.82. The number of allylic oxidation sites excluding steroid dienone is 1. The molecule has 0 bridgehead atoms. The molecule has 3 unspecified atom stereocenters. The molecule has 2 fully saturated rings. The molecule has 124 valence electrons. The first kappa shape index (κ1) is 16.3. The van der Waals surface area contributed by atoms with Crippen LogP contribution in [-0.2, 0) is 14.3 Å². The maximum Gasteiger partial charge on any atom is 0.315 e. The van der Waals surface area contributed by atoms with Crippen molar-refractivity contribution in [3.05, 3.63) is 48.6 Å². The highest BCUT2D eigenvalue weighted by atomic mass is 16.7. The third-order valence-electron chi connectivity index (χ3n) is 5.58. The van der Waals surface area contributed by atoms with Gasteiger partial charge in [-0.05, 0) is 37.7 Å². The van der Waals surface area contributed by atoms with Gasteiger partial charge in [-0.3, -0.25) is 4.79 Å². The Labute approximate surface area is 138 Å². The van der Waals surface area contributed by atoms with Gasteiger partial charge in [-0.1, -0.05) is 43.3 Å². The average Bonchev–Trinajstić information content (AvgIpc) is 3.03. The highest BCUT2D eigenvalue weighted by molar-refractivity contribution is 5.78. The maximum absolute atomic E-state index is 12.9. The fourth-order valence-electron chi connectivity index (χ4n) is 4.35. The minimum absolute atomic E-state index is 0.0701. The maximum atomic E-state index is 12.9. The summed E-state index contributed by atoms with van der Waals surface area (Å²) in [5.74, 6) is -1.12. The molecular formula is C20H26O3. The molecule has 0 aromatic heterocycles. The van der Waals surface area contributed by atoms with Gasteiger partial charge in [0.1, 0.15) is 0 Å². The highest BCUT2D eigenvalue weighted by Gasteiger charge is 2.61. The fourth-order valence-corrected chi connectivity index (χ4v) is 4.35. The van der Waals surface area contributed by atoms with E-state index < -0.39 is 5.79 Å². The quantitative estimate of drug-likeness (QED) is 0.569. The lowest BCUT2D eigenvalue weighted by Gasteiger charge is -2.38. The van der Waals surface area contributed by atoms with Crippen molar-refractivity contribution in [2.24, 2.45) is 5.41 Å². The van der Waals surface area contributed by atoms with Gasteiger partial charge in [0.2, 0.25) is 5.79 Å². The molecule has 0 amide bonds. The molecule has 3 rings (SSSR count). The second-order valence-corrected chi connectivity index (χ2v) is 6.77. The van der Waals surface area contributed by atoms with Crippen molar-refractivity contribution >= 4 is 5.97 Å². The van der Waals surface area contributed by atoms with Gasteiger partial charge in [-0.25, -0.2) is 0 Å². The summed E-state index contributed by atoms with van der Waals surface area (Å²) in [6, 6.07) is 9.88. The van der Waals surface area contributed by atoms with E-state index in [1.165, 1.54) is 0 Å². The lowest BCUT2D eigenvalue weighted by Crippen LogP contribution is -2.45. The van der Waals surface area contributed by atoms with Gasteiger partial charge in [0.25, 0.3) is 0 Å². The first-order valence-electron chi connectivity index (χ1n) is 8.69. The first-order chi connectivity index (χ1) is 11.2. The molecule has 1 aromatic carbocycles. The Morgan fingerprint density at radius 1 is 1.35 bits per heavy atom. The number of carbonyl (C=O) groups excluding carboxylic acids is 1. The van der Waals surface area contributed by atoms with Crippen molar-refractivity contribution in [1.29, 1.82) is 0 Å². The Bertz CT molecular complexity index is 554. The molecule has 2 aliphatic rings. The largest absolute Gasteiger partial charge is 0.432 e. The summed E-state index contributed by atoms with van der Waals surface area (Å²) in [5.41, 5.74) is 0.945. The highest BCUT2D eigenvalue weighted by Crippen LogP contribution is 2.58. The van der Waals surface area contributed by atoms with Crippen LogP contribution in [-0.4, -0.2) is 18.4 Å². The molecule has 1 saturated heterocycles. The van der Waals surface area contributed by atoms with Crippen LogP contribution in [0.5, 0.6) is 0 Å². The number of ether oxygens (including phenoxy) is 2. The SMILES string of the molecule is C=CCC12CCCC1(OC(=O)C(CC)c1ccccc1)OCC2. The molecule has 1 aliphatic carbocycles. The minimum atomic E-state index is -0.736. The van der Waals surface area contributed by atoms with Crippen molar-refractivity contribution in [2.75, 3.05) is 6.61 Å². The normalized spacial score (nSPS) is 30.7. The van der Waals surface area contributed by atoms with Crippen LogP contribution in [0.3, 0.4) is 0 Å². The number of hydrogen-bond donors (Lipinski definition) is 0. The van der Waals surface area contributed by atoms with Crippen molar-refractivity contribution in [1.82, 2.24) is 0 Å². The molecular weight excluding hydrogens is 288 g/mol. The van der Waals surface area contributed by atoms with Crippen LogP contribution in [0.1, 0.15) is 56.9 Å². The molecule has 1 heterocycles. The fraction of sp³-hybridized carbons (Fsp3) is 0.550. The summed E-state index contributed by atoms with van der Waals surface area (Å²) >= 11 is 0. The van der Waals surface area contributed by atoms with E-state index >= 15 is 0 Å². The monoisotopic (exact) mass is 314 g/mol. The van der Waals surface area contributed by atoms with Gasteiger partial charge in [0.05, 0.1) is 12.5 Å². The van der Waals surface area contributed by atoms with Crippen LogP contribution in [0.4, 0.5) is 0 Å². The van der Waals surface area contributed by atoms with Crippen LogP contribution in [0.15, 0.2) is 43.0 Å². The summed E-state index contributed by atoms with van der Waals surface area (Å²) in [4.78, 5) is 12.9. The van der Waals surface area contributed by atoms with Gasteiger partial charge in [0.15, 0.2) is 0 Å². The lowest BCUT2D eigenvalue weighted by molar-refractivity contribution is -0.240. The minimum Gasteiger partial charge on any atom is -0.432 e. The number of rotatable bonds is 6. The number of fused-ring (bicyclic) bond motifs is 1. The zero-order valence-corrected chi connectivity index (χ0v) is 13.9. The van der Waals surface area contributed by atoms with E-state index in [9.17, 15) is 4.79 Å². The molecule has 1 aromatic rings. The Morgan fingerprint density at radius 3 is 2.83 bits per heavy atom.